The van der Waals surface area contributed by atoms with Gasteiger partial charge in [-0.05, 0) is 135 Å². The fraction of sp³-hybridized carbons (Fsp3) is 0.658. The Labute approximate surface area is 487 Å². The summed E-state index contributed by atoms with van der Waals surface area (Å²) < 4.78 is 16.9. The standard InChI is InChI=1S/C73H120O6/c1-4-7-10-13-16-19-22-25-28-31-34-36-39-42-45-48-51-54-57-60-63-66-72(75)78-69-70(68-77-71(74)65-62-59-56-53-50-47-44-41-38-33-30-27-24-21-18-15-12-9-6-3)79-73(76)67-64-61-58-55-52-49-46-43-40-37-35-32-29-26-23-20-17-14-11-8-5-2/h7-8,10-11,16-21,25-30,34-37,42,45,70H,4-6,9,12-15,22-24,31-33,38-41,43-44,46-69H2,1-3H3/b10-7-,11-8-,19-16-,20-17-,21-18-,28-25-,29-26-,30-27-,36-34-,37-35-,45-42-. The zero-order chi connectivity index (χ0) is 57.1. The molecule has 79 heavy (non-hydrogen) atoms. The summed E-state index contributed by atoms with van der Waals surface area (Å²) in [7, 11) is 0. The molecule has 6 heteroatoms. The fourth-order valence-corrected chi connectivity index (χ4v) is 8.79. The van der Waals surface area contributed by atoms with E-state index in [9.17, 15) is 14.4 Å². The van der Waals surface area contributed by atoms with Crippen LogP contribution in [0.1, 0.15) is 290 Å². The van der Waals surface area contributed by atoms with Crippen LogP contribution in [0.5, 0.6) is 0 Å². The molecule has 0 saturated heterocycles. The number of carbonyl (C=O) groups excluding carboxylic acids is 3. The number of hydrogen-bond acceptors (Lipinski definition) is 6. The molecule has 0 aromatic carbocycles. The van der Waals surface area contributed by atoms with Crippen molar-refractivity contribution in [3.05, 3.63) is 134 Å². The molecule has 1 atom stereocenters. The van der Waals surface area contributed by atoms with E-state index in [-0.39, 0.29) is 31.1 Å². The van der Waals surface area contributed by atoms with E-state index in [0.717, 1.165) is 148 Å². The lowest BCUT2D eigenvalue weighted by molar-refractivity contribution is -0.167. The van der Waals surface area contributed by atoms with E-state index in [0.29, 0.717) is 19.3 Å². The molecule has 0 bridgehead atoms. The van der Waals surface area contributed by atoms with Crippen LogP contribution in [0, 0.1) is 0 Å². The molecule has 0 N–H and O–H groups in total. The van der Waals surface area contributed by atoms with Crippen LogP contribution in [-0.4, -0.2) is 37.2 Å². The Kier molecular flexibility index (Phi) is 62.3. The average molecular weight is 1090 g/mol. The van der Waals surface area contributed by atoms with Crippen LogP contribution in [0.15, 0.2) is 134 Å². The first-order valence-corrected chi connectivity index (χ1v) is 32.7. The molecular weight excluding hydrogens is 973 g/mol. The SMILES string of the molecule is CC/C=C\C/C=C\C/C=C\C/C=C\C/C=C\CCCCCCCC(=O)OCC(COC(=O)CCCCCCCCCCC/C=C\C/C=C\CCCCC)OC(=O)CCCCCCCCCC/C=C\C/C=C\C/C=C\C/C=C\CC. The van der Waals surface area contributed by atoms with Gasteiger partial charge in [-0.2, -0.15) is 0 Å². The maximum Gasteiger partial charge on any atom is 0.306 e. The van der Waals surface area contributed by atoms with Gasteiger partial charge in [0.2, 0.25) is 0 Å². The zero-order valence-electron chi connectivity index (χ0n) is 51.3. The van der Waals surface area contributed by atoms with Crippen molar-refractivity contribution in [3.63, 3.8) is 0 Å². The molecule has 0 aromatic heterocycles. The van der Waals surface area contributed by atoms with Crippen LogP contribution in [-0.2, 0) is 28.6 Å². The largest absolute Gasteiger partial charge is 0.462 e. The zero-order valence-corrected chi connectivity index (χ0v) is 51.3. The van der Waals surface area contributed by atoms with Crippen molar-refractivity contribution < 1.29 is 28.6 Å². The number of carbonyl (C=O) groups is 3. The number of hydrogen-bond donors (Lipinski definition) is 0. The lowest BCUT2D eigenvalue weighted by Crippen LogP contribution is -2.30. The summed E-state index contributed by atoms with van der Waals surface area (Å²) >= 11 is 0. The molecule has 0 heterocycles. The minimum atomic E-state index is -0.800. The predicted molar refractivity (Wildman–Crippen MR) is 343 cm³/mol. The van der Waals surface area contributed by atoms with Crippen LogP contribution in [0.25, 0.3) is 0 Å². The smallest absolute Gasteiger partial charge is 0.306 e. The summed E-state index contributed by atoms with van der Waals surface area (Å²) in [6.45, 7) is 6.38. The number of unbranched alkanes of at least 4 members (excludes halogenated alkanes) is 25. The van der Waals surface area contributed by atoms with E-state index in [1.54, 1.807) is 0 Å². The second-order valence-corrected chi connectivity index (χ2v) is 21.3. The highest BCUT2D eigenvalue weighted by molar-refractivity contribution is 5.71. The van der Waals surface area contributed by atoms with Crippen molar-refractivity contribution in [1.82, 2.24) is 0 Å². The highest BCUT2D eigenvalue weighted by Gasteiger charge is 2.19. The second-order valence-electron chi connectivity index (χ2n) is 21.3. The van der Waals surface area contributed by atoms with Gasteiger partial charge in [0.05, 0.1) is 0 Å². The maximum absolute atomic E-state index is 12.9. The lowest BCUT2D eigenvalue weighted by Gasteiger charge is -2.18. The Bertz CT molecular complexity index is 1680. The van der Waals surface area contributed by atoms with E-state index in [4.69, 9.17) is 14.2 Å². The van der Waals surface area contributed by atoms with E-state index < -0.39 is 6.10 Å². The molecule has 0 spiro atoms. The maximum atomic E-state index is 12.9. The van der Waals surface area contributed by atoms with Gasteiger partial charge >= 0.3 is 17.9 Å². The van der Waals surface area contributed by atoms with Gasteiger partial charge in [0.1, 0.15) is 13.2 Å². The number of rotatable bonds is 58. The molecule has 0 aliphatic heterocycles. The van der Waals surface area contributed by atoms with Crippen LogP contribution in [0.3, 0.4) is 0 Å². The van der Waals surface area contributed by atoms with Gasteiger partial charge in [-0.1, -0.05) is 270 Å². The van der Waals surface area contributed by atoms with Gasteiger partial charge in [-0.25, -0.2) is 0 Å². The van der Waals surface area contributed by atoms with Gasteiger partial charge in [-0.15, -0.1) is 0 Å². The molecule has 1 unspecified atom stereocenters. The van der Waals surface area contributed by atoms with Gasteiger partial charge in [0.15, 0.2) is 6.10 Å². The highest BCUT2D eigenvalue weighted by atomic mass is 16.6. The molecule has 0 fully saturated rings. The second kappa shape index (κ2) is 66.1. The molecular formula is C73H120O6. The normalized spacial score (nSPS) is 13.0. The van der Waals surface area contributed by atoms with Crippen LogP contribution in [0.4, 0.5) is 0 Å². The molecule has 0 aliphatic rings. The van der Waals surface area contributed by atoms with E-state index in [1.165, 1.54) is 103 Å². The predicted octanol–water partition coefficient (Wildman–Crippen LogP) is 22.5. The van der Waals surface area contributed by atoms with Gasteiger partial charge in [-0.3, -0.25) is 14.4 Å². The topological polar surface area (TPSA) is 78.9 Å². The summed E-state index contributed by atoms with van der Waals surface area (Å²) in [4.78, 5) is 38.4. The van der Waals surface area contributed by atoms with Crippen molar-refractivity contribution in [2.24, 2.45) is 0 Å². The Morgan fingerprint density at radius 2 is 0.494 bits per heavy atom. The number of allylic oxidation sites excluding steroid dienone is 22. The summed E-state index contributed by atoms with van der Waals surface area (Å²) in [6.07, 6.45) is 93.0. The van der Waals surface area contributed by atoms with E-state index >= 15 is 0 Å². The Balaban J connectivity index is 4.47. The Morgan fingerprint density at radius 1 is 0.266 bits per heavy atom. The molecule has 448 valence electrons. The molecule has 6 nitrogen and oxygen atoms in total. The van der Waals surface area contributed by atoms with Crippen molar-refractivity contribution in [3.8, 4) is 0 Å². The van der Waals surface area contributed by atoms with Crippen LogP contribution >= 0.6 is 0 Å². The first-order valence-electron chi connectivity index (χ1n) is 32.7. The number of esters is 3. The molecule has 0 rings (SSSR count). The summed E-state index contributed by atoms with van der Waals surface area (Å²) in [5.41, 5.74) is 0. The molecule has 0 saturated carbocycles. The summed E-state index contributed by atoms with van der Waals surface area (Å²) in [6, 6.07) is 0. The van der Waals surface area contributed by atoms with E-state index in [1.807, 2.05) is 0 Å². The molecule has 0 aromatic rings. The summed E-state index contributed by atoms with van der Waals surface area (Å²) in [5, 5.41) is 0. The van der Waals surface area contributed by atoms with Crippen molar-refractivity contribution >= 4 is 17.9 Å². The first kappa shape index (κ1) is 74.5. The van der Waals surface area contributed by atoms with Crippen LogP contribution < -0.4 is 0 Å². The first-order chi connectivity index (χ1) is 39.0. The third-order valence-corrected chi connectivity index (χ3v) is 13.6. The fourth-order valence-electron chi connectivity index (χ4n) is 8.79. The highest BCUT2D eigenvalue weighted by Crippen LogP contribution is 2.15. The van der Waals surface area contributed by atoms with Gasteiger partial charge in [0, 0.05) is 19.3 Å². The Morgan fingerprint density at radius 3 is 0.772 bits per heavy atom. The molecule has 0 amide bonds. The van der Waals surface area contributed by atoms with Gasteiger partial charge < -0.3 is 14.2 Å². The van der Waals surface area contributed by atoms with E-state index in [2.05, 4.69) is 154 Å². The minimum Gasteiger partial charge on any atom is -0.462 e. The van der Waals surface area contributed by atoms with Crippen molar-refractivity contribution in [2.45, 2.75) is 297 Å². The van der Waals surface area contributed by atoms with Crippen LogP contribution in [0.2, 0.25) is 0 Å². The van der Waals surface area contributed by atoms with Crippen molar-refractivity contribution in [2.75, 3.05) is 13.2 Å². The minimum absolute atomic E-state index is 0.0933. The Hall–Kier alpha value is -4.45. The van der Waals surface area contributed by atoms with Gasteiger partial charge in [0.25, 0.3) is 0 Å². The quantitative estimate of drug-likeness (QED) is 0.0261. The third kappa shape index (κ3) is 64.3. The summed E-state index contributed by atoms with van der Waals surface area (Å²) in [5.74, 6) is -0.920. The number of ether oxygens (including phenoxy) is 3. The van der Waals surface area contributed by atoms with Crippen molar-refractivity contribution in [1.29, 1.82) is 0 Å². The monoisotopic (exact) mass is 1090 g/mol. The molecule has 0 aliphatic carbocycles. The average Bonchev–Trinajstić information content (AvgIpc) is 3.45. The molecule has 0 radical (unpaired) electrons. The lowest BCUT2D eigenvalue weighted by atomic mass is 10.1. The third-order valence-electron chi connectivity index (χ3n) is 13.6.